The highest BCUT2D eigenvalue weighted by Gasteiger charge is 2.14. The number of nitrogens with zero attached hydrogens (tertiary/aromatic N) is 2. The molecule has 5 heteroatoms. The van der Waals surface area contributed by atoms with Gasteiger partial charge in [-0.1, -0.05) is 12.8 Å². The van der Waals surface area contributed by atoms with Crippen LogP contribution in [0.1, 0.15) is 38.5 Å². The second-order valence-corrected chi connectivity index (χ2v) is 6.60. The van der Waals surface area contributed by atoms with Crippen molar-refractivity contribution >= 4 is 0 Å². The summed E-state index contributed by atoms with van der Waals surface area (Å²) < 4.78 is 11.1. The van der Waals surface area contributed by atoms with Crippen LogP contribution in [0.4, 0.5) is 0 Å². The molecule has 0 aromatic heterocycles. The first kappa shape index (κ1) is 18.1. The Labute approximate surface area is 135 Å². The van der Waals surface area contributed by atoms with Gasteiger partial charge >= 0.3 is 0 Å². The summed E-state index contributed by atoms with van der Waals surface area (Å²) in [6.07, 6.45) is 7.53. The number of likely N-dealkylation sites (tertiary alicyclic amines) is 2. The molecule has 2 fully saturated rings. The first-order valence-corrected chi connectivity index (χ1v) is 9.13. The van der Waals surface area contributed by atoms with E-state index in [-0.39, 0.29) is 6.10 Å². The number of rotatable bonds is 10. The van der Waals surface area contributed by atoms with Crippen molar-refractivity contribution in [1.82, 2.24) is 9.80 Å². The fourth-order valence-corrected chi connectivity index (χ4v) is 3.31. The van der Waals surface area contributed by atoms with Crippen LogP contribution in [-0.2, 0) is 9.47 Å². The summed E-state index contributed by atoms with van der Waals surface area (Å²) >= 11 is 0. The van der Waals surface area contributed by atoms with E-state index in [1.807, 2.05) is 0 Å². The molecule has 130 valence electrons. The summed E-state index contributed by atoms with van der Waals surface area (Å²) in [7, 11) is 0. The van der Waals surface area contributed by atoms with Gasteiger partial charge in [0.1, 0.15) is 0 Å². The van der Waals surface area contributed by atoms with Crippen LogP contribution in [0.25, 0.3) is 0 Å². The number of hydrogen-bond acceptors (Lipinski definition) is 5. The Morgan fingerprint density at radius 3 is 2.00 bits per heavy atom. The number of aliphatic hydroxyl groups excluding tert-OH is 1. The highest BCUT2D eigenvalue weighted by Crippen LogP contribution is 2.09. The first-order valence-electron chi connectivity index (χ1n) is 9.13. The van der Waals surface area contributed by atoms with E-state index in [4.69, 9.17) is 9.47 Å². The van der Waals surface area contributed by atoms with E-state index >= 15 is 0 Å². The second kappa shape index (κ2) is 11.4. The Hall–Kier alpha value is -0.200. The van der Waals surface area contributed by atoms with Crippen molar-refractivity contribution in [3.8, 4) is 0 Å². The van der Waals surface area contributed by atoms with Gasteiger partial charge in [0.2, 0.25) is 0 Å². The Morgan fingerprint density at radius 1 is 0.727 bits per heavy atom. The third kappa shape index (κ3) is 7.88. The lowest BCUT2D eigenvalue weighted by atomic mass is 10.1. The smallest absolute Gasteiger partial charge is 0.0900 e. The number of aliphatic hydroxyl groups is 1. The summed E-state index contributed by atoms with van der Waals surface area (Å²) in [6.45, 7) is 8.90. The van der Waals surface area contributed by atoms with E-state index in [0.717, 1.165) is 32.8 Å². The van der Waals surface area contributed by atoms with Gasteiger partial charge in [-0.05, 0) is 51.9 Å². The maximum atomic E-state index is 9.96. The average Bonchev–Trinajstić information content (AvgIpc) is 2.56. The topological polar surface area (TPSA) is 45.2 Å². The van der Waals surface area contributed by atoms with Gasteiger partial charge in [-0.25, -0.2) is 0 Å². The zero-order chi connectivity index (χ0) is 15.5. The van der Waals surface area contributed by atoms with Crippen molar-refractivity contribution < 1.29 is 14.6 Å². The summed E-state index contributed by atoms with van der Waals surface area (Å²) in [5, 5.41) is 9.96. The van der Waals surface area contributed by atoms with Crippen molar-refractivity contribution in [3.63, 3.8) is 0 Å². The molecule has 0 amide bonds. The Morgan fingerprint density at radius 2 is 1.32 bits per heavy atom. The van der Waals surface area contributed by atoms with E-state index in [2.05, 4.69) is 9.80 Å². The van der Waals surface area contributed by atoms with Crippen LogP contribution in [0.3, 0.4) is 0 Å². The molecule has 0 aromatic rings. The average molecular weight is 314 g/mol. The van der Waals surface area contributed by atoms with Gasteiger partial charge in [0.25, 0.3) is 0 Å². The van der Waals surface area contributed by atoms with Crippen molar-refractivity contribution in [2.24, 2.45) is 0 Å². The predicted octanol–water partition coefficient (Wildman–Crippen LogP) is 1.35. The van der Waals surface area contributed by atoms with Gasteiger partial charge in [-0.15, -0.1) is 0 Å². The molecule has 0 saturated carbocycles. The molecule has 0 aromatic carbocycles. The Kier molecular flexibility index (Phi) is 9.36. The molecule has 2 heterocycles. The van der Waals surface area contributed by atoms with Gasteiger partial charge in [-0.2, -0.15) is 0 Å². The Balaban J connectivity index is 1.37. The molecule has 22 heavy (non-hydrogen) atoms. The van der Waals surface area contributed by atoms with Crippen molar-refractivity contribution in [1.29, 1.82) is 0 Å². The van der Waals surface area contributed by atoms with Crippen LogP contribution < -0.4 is 0 Å². The van der Waals surface area contributed by atoms with Crippen LogP contribution in [0.15, 0.2) is 0 Å². The number of ether oxygens (including phenoxy) is 2. The third-order valence-electron chi connectivity index (χ3n) is 4.60. The monoisotopic (exact) mass is 314 g/mol. The molecule has 0 spiro atoms. The quantitative estimate of drug-likeness (QED) is 0.617. The van der Waals surface area contributed by atoms with Crippen LogP contribution in [-0.4, -0.2) is 86.7 Å². The van der Waals surface area contributed by atoms with Gasteiger partial charge < -0.3 is 24.4 Å². The van der Waals surface area contributed by atoms with Crippen LogP contribution >= 0.6 is 0 Å². The third-order valence-corrected chi connectivity index (χ3v) is 4.60. The number of piperidine rings is 2. The van der Waals surface area contributed by atoms with Crippen LogP contribution in [0.5, 0.6) is 0 Å². The number of hydrogen-bond donors (Lipinski definition) is 1. The predicted molar refractivity (Wildman–Crippen MR) is 88.2 cm³/mol. The van der Waals surface area contributed by atoms with E-state index < -0.39 is 0 Å². The molecule has 0 aliphatic carbocycles. The summed E-state index contributed by atoms with van der Waals surface area (Å²) in [5.74, 6) is 0. The van der Waals surface area contributed by atoms with Crippen LogP contribution in [0.2, 0.25) is 0 Å². The molecule has 1 unspecified atom stereocenters. The molecule has 1 N–H and O–H groups in total. The molecule has 5 nitrogen and oxygen atoms in total. The van der Waals surface area contributed by atoms with Gasteiger partial charge in [-0.3, -0.25) is 0 Å². The molecule has 2 aliphatic rings. The second-order valence-electron chi connectivity index (χ2n) is 6.60. The fourth-order valence-electron chi connectivity index (χ4n) is 3.31. The minimum Gasteiger partial charge on any atom is -0.389 e. The minimum absolute atomic E-state index is 0.369. The molecule has 2 rings (SSSR count). The zero-order valence-electron chi connectivity index (χ0n) is 14.0. The fraction of sp³-hybridized carbons (Fsp3) is 1.00. The van der Waals surface area contributed by atoms with Crippen molar-refractivity contribution in [2.75, 3.05) is 65.7 Å². The van der Waals surface area contributed by atoms with E-state index in [0.29, 0.717) is 19.8 Å². The molecular weight excluding hydrogens is 280 g/mol. The normalized spacial score (nSPS) is 22.8. The van der Waals surface area contributed by atoms with E-state index in [1.54, 1.807) is 0 Å². The summed E-state index contributed by atoms with van der Waals surface area (Å²) in [4.78, 5) is 4.82. The minimum atomic E-state index is -0.369. The standard InChI is InChI=1S/C17H34N2O3/c20-17(15-19-9-5-2-6-10-19)16-22-14-13-21-12-11-18-7-3-1-4-8-18/h17,20H,1-16H2. The molecule has 0 radical (unpaired) electrons. The lowest BCUT2D eigenvalue weighted by Gasteiger charge is -2.28. The largest absolute Gasteiger partial charge is 0.389 e. The zero-order valence-corrected chi connectivity index (χ0v) is 14.0. The lowest BCUT2D eigenvalue weighted by molar-refractivity contribution is -0.0120. The molecule has 0 bridgehead atoms. The molecule has 2 saturated heterocycles. The number of β-amino-alcohol motifs (C(OH)–C–C–N with tert-alkyl or cyclic N) is 1. The highest BCUT2D eigenvalue weighted by atomic mass is 16.5. The molecule has 1 atom stereocenters. The maximum Gasteiger partial charge on any atom is 0.0900 e. The van der Waals surface area contributed by atoms with E-state index in [1.165, 1.54) is 51.6 Å². The molecular formula is C17H34N2O3. The van der Waals surface area contributed by atoms with Gasteiger partial charge in [0.15, 0.2) is 0 Å². The van der Waals surface area contributed by atoms with Crippen molar-refractivity contribution in [3.05, 3.63) is 0 Å². The summed E-state index contributed by atoms with van der Waals surface area (Å²) in [6, 6.07) is 0. The SMILES string of the molecule is OC(COCCOCCN1CCCCC1)CN1CCCCC1. The lowest BCUT2D eigenvalue weighted by Crippen LogP contribution is -2.38. The molecule has 2 aliphatic heterocycles. The van der Waals surface area contributed by atoms with Gasteiger partial charge in [0.05, 0.1) is 32.5 Å². The first-order chi connectivity index (χ1) is 10.8. The van der Waals surface area contributed by atoms with E-state index in [9.17, 15) is 5.11 Å². The van der Waals surface area contributed by atoms with Crippen LogP contribution in [0, 0.1) is 0 Å². The maximum absolute atomic E-state index is 9.96. The summed E-state index contributed by atoms with van der Waals surface area (Å²) in [5.41, 5.74) is 0. The highest BCUT2D eigenvalue weighted by molar-refractivity contribution is 4.68. The Bertz CT molecular complexity index is 267. The van der Waals surface area contributed by atoms with Crippen molar-refractivity contribution in [2.45, 2.75) is 44.6 Å². The van der Waals surface area contributed by atoms with Gasteiger partial charge in [0, 0.05) is 13.1 Å².